The summed E-state index contributed by atoms with van der Waals surface area (Å²) in [5, 5.41) is 12.1. The Labute approximate surface area is 125 Å². The van der Waals surface area contributed by atoms with Crippen molar-refractivity contribution >= 4 is 21.8 Å². The Balaban J connectivity index is 2.70. The standard InChI is InChI=1S/C13H24N2O5S/c1-15(9-10-21(2,19)20)12(18)14-13(11(16)17)7-5-3-4-6-8-13/h3-10H2,1-2H3,(H,14,18)(H,16,17). The number of carbonyl (C=O) groups is 2. The first-order chi connectivity index (χ1) is 9.66. The molecule has 0 aliphatic heterocycles. The maximum absolute atomic E-state index is 12.1. The molecule has 7 nitrogen and oxygen atoms in total. The molecule has 0 spiro atoms. The molecule has 1 rings (SSSR count). The highest BCUT2D eigenvalue weighted by Gasteiger charge is 2.40. The summed E-state index contributed by atoms with van der Waals surface area (Å²) in [4.78, 5) is 24.9. The van der Waals surface area contributed by atoms with Crippen LogP contribution in [0.4, 0.5) is 4.79 Å². The lowest BCUT2D eigenvalue weighted by Crippen LogP contribution is -2.57. The summed E-state index contributed by atoms with van der Waals surface area (Å²) in [6, 6.07) is -0.539. The van der Waals surface area contributed by atoms with E-state index in [4.69, 9.17) is 0 Å². The number of nitrogens with zero attached hydrogens (tertiary/aromatic N) is 1. The van der Waals surface area contributed by atoms with Crippen LogP contribution in [0.2, 0.25) is 0 Å². The van der Waals surface area contributed by atoms with Gasteiger partial charge in [-0.05, 0) is 12.8 Å². The maximum atomic E-state index is 12.1. The predicted molar refractivity (Wildman–Crippen MR) is 78.9 cm³/mol. The van der Waals surface area contributed by atoms with Crippen LogP contribution >= 0.6 is 0 Å². The molecule has 1 fully saturated rings. The molecule has 0 saturated heterocycles. The van der Waals surface area contributed by atoms with Gasteiger partial charge in [-0.2, -0.15) is 0 Å². The van der Waals surface area contributed by atoms with Crippen molar-refractivity contribution in [3.63, 3.8) is 0 Å². The zero-order valence-corrected chi connectivity index (χ0v) is 13.4. The largest absolute Gasteiger partial charge is 0.480 e. The molecule has 1 aliphatic carbocycles. The SMILES string of the molecule is CN(CCS(C)(=O)=O)C(=O)NC1(C(=O)O)CCCCCC1. The van der Waals surface area contributed by atoms with E-state index in [1.807, 2.05) is 0 Å². The smallest absolute Gasteiger partial charge is 0.329 e. The number of carbonyl (C=O) groups excluding carboxylic acids is 1. The minimum atomic E-state index is -3.16. The molecule has 21 heavy (non-hydrogen) atoms. The highest BCUT2D eigenvalue weighted by molar-refractivity contribution is 7.90. The topological polar surface area (TPSA) is 104 Å². The third-order valence-electron chi connectivity index (χ3n) is 3.86. The monoisotopic (exact) mass is 320 g/mol. The number of amides is 2. The van der Waals surface area contributed by atoms with E-state index in [2.05, 4.69) is 5.32 Å². The fraction of sp³-hybridized carbons (Fsp3) is 0.846. The van der Waals surface area contributed by atoms with Crippen molar-refractivity contribution in [1.82, 2.24) is 10.2 Å². The normalized spacial score (nSPS) is 18.6. The lowest BCUT2D eigenvalue weighted by Gasteiger charge is -2.31. The molecule has 0 radical (unpaired) electrons. The van der Waals surface area contributed by atoms with E-state index in [1.54, 1.807) is 0 Å². The molecule has 8 heteroatoms. The number of nitrogens with one attached hydrogen (secondary N) is 1. The van der Waals surface area contributed by atoms with E-state index in [1.165, 1.54) is 11.9 Å². The van der Waals surface area contributed by atoms with E-state index in [9.17, 15) is 23.1 Å². The quantitative estimate of drug-likeness (QED) is 0.731. The second kappa shape index (κ2) is 7.11. The molecule has 0 unspecified atom stereocenters. The van der Waals surface area contributed by atoms with E-state index in [0.29, 0.717) is 12.8 Å². The van der Waals surface area contributed by atoms with Gasteiger partial charge < -0.3 is 15.3 Å². The molecule has 0 aromatic carbocycles. The highest BCUT2D eigenvalue weighted by Crippen LogP contribution is 2.27. The Kier molecular flexibility index (Phi) is 6.00. The molecule has 2 amide bonds. The third kappa shape index (κ3) is 5.53. The molecule has 0 aromatic heterocycles. The zero-order chi connectivity index (χ0) is 16.1. The summed E-state index contributed by atoms with van der Waals surface area (Å²) in [7, 11) is -1.70. The van der Waals surface area contributed by atoms with Gasteiger partial charge in [0, 0.05) is 19.8 Å². The van der Waals surface area contributed by atoms with Gasteiger partial charge in [0.2, 0.25) is 0 Å². The van der Waals surface area contributed by atoms with Crippen LogP contribution in [-0.2, 0) is 14.6 Å². The Morgan fingerprint density at radius 1 is 1.19 bits per heavy atom. The van der Waals surface area contributed by atoms with Gasteiger partial charge >= 0.3 is 12.0 Å². The van der Waals surface area contributed by atoms with Crippen molar-refractivity contribution in [1.29, 1.82) is 0 Å². The van der Waals surface area contributed by atoms with E-state index < -0.39 is 27.4 Å². The van der Waals surface area contributed by atoms with E-state index in [-0.39, 0.29) is 12.3 Å². The maximum Gasteiger partial charge on any atom is 0.329 e. The minimum absolute atomic E-state index is 0.0420. The van der Waals surface area contributed by atoms with Gasteiger partial charge in [-0.25, -0.2) is 18.0 Å². The third-order valence-corrected chi connectivity index (χ3v) is 4.78. The lowest BCUT2D eigenvalue weighted by molar-refractivity contribution is -0.145. The number of urea groups is 1. The summed E-state index contributed by atoms with van der Waals surface area (Å²) in [5.74, 6) is -1.16. The average molecular weight is 320 g/mol. The summed E-state index contributed by atoms with van der Waals surface area (Å²) < 4.78 is 22.2. The molecule has 0 aromatic rings. The number of hydrogen-bond acceptors (Lipinski definition) is 4. The van der Waals surface area contributed by atoms with Crippen molar-refractivity contribution < 1.29 is 23.1 Å². The van der Waals surface area contributed by atoms with Crippen LogP contribution in [-0.4, -0.2) is 61.6 Å². The van der Waals surface area contributed by atoms with Crippen molar-refractivity contribution in [2.45, 2.75) is 44.1 Å². The Hall–Kier alpha value is -1.31. The van der Waals surface area contributed by atoms with Crippen molar-refractivity contribution in [3.05, 3.63) is 0 Å². The van der Waals surface area contributed by atoms with Gasteiger partial charge in [-0.1, -0.05) is 25.7 Å². The van der Waals surface area contributed by atoms with Gasteiger partial charge in [-0.15, -0.1) is 0 Å². The van der Waals surface area contributed by atoms with Crippen molar-refractivity contribution in [3.8, 4) is 0 Å². The number of aliphatic carboxylic acids is 1. The molecule has 0 bridgehead atoms. The molecule has 122 valence electrons. The fourth-order valence-corrected chi connectivity index (χ4v) is 3.03. The second-order valence-electron chi connectivity index (χ2n) is 5.78. The van der Waals surface area contributed by atoms with Crippen LogP contribution in [0.3, 0.4) is 0 Å². The minimum Gasteiger partial charge on any atom is -0.480 e. The summed E-state index contributed by atoms with van der Waals surface area (Å²) in [6.07, 6.45) is 5.38. The second-order valence-corrected chi connectivity index (χ2v) is 8.04. The van der Waals surface area contributed by atoms with Gasteiger partial charge in [0.1, 0.15) is 15.4 Å². The van der Waals surface area contributed by atoms with Crippen molar-refractivity contribution in [2.24, 2.45) is 0 Å². The Bertz CT molecular complexity index is 481. The van der Waals surface area contributed by atoms with Gasteiger partial charge in [0.05, 0.1) is 5.75 Å². The first-order valence-electron chi connectivity index (χ1n) is 7.11. The first kappa shape index (κ1) is 17.7. The van der Waals surface area contributed by atoms with Crippen LogP contribution in [0, 0.1) is 0 Å². The fourth-order valence-electron chi connectivity index (χ4n) is 2.43. The molecular formula is C13H24N2O5S. The molecule has 1 saturated carbocycles. The van der Waals surface area contributed by atoms with Crippen LogP contribution in [0.5, 0.6) is 0 Å². The highest BCUT2D eigenvalue weighted by atomic mass is 32.2. The number of carboxylic acid groups (broad SMARTS) is 1. The Morgan fingerprint density at radius 2 is 1.71 bits per heavy atom. The molecule has 0 atom stereocenters. The van der Waals surface area contributed by atoms with E-state index in [0.717, 1.165) is 31.9 Å². The number of rotatable bonds is 5. The summed E-state index contributed by atoms with van der Waals surface area (Å²) >= 11 is 0. The summed E-state index contributed by atoms with van der Waals surface area (Å²) in [5.41, 5.74) is -1.23. The summed E-state index contributed by atoms with van der Waals surface area (Å²) in [6.45, 7) is 0.0420. The van der Waals surface area contributed by atoms with Crippen molar-refractivity contribution in [2.75, 3.05) is 25.6 Å². The number of carboxylic acids is 1. The van der Waals surface area contributed by atoms with Crippen LogP contribution in [0.15, 0.2) is 0 Å². The number of sulfone groups is 1. The first-order valence-corrected chi connectivity index (χ1v) is 9.17. The predicted octanol–water partition coefficient (Wildman–Crippen LogP) is 0.850. The van der Waals surface area contributed by atoms with Gasteiger partial charge in [0.25, 0.3) is 0 Å². The molecule has 1 aliphatic rings. The average Bonchev–Trinajstić information content (AvgIpc) is 2.61. The lowest BCUT2D eigenvalue weighted by atomic mass is 9.90. The number of hydrogen-bond donors (Lipinski definition) is 2. The van der Waals surface area contributed by atoms with Crippen LogP contribution < -0.4 is 5.32 Å². The van der Waals surface area contributed by atoms with Gasteiger partial charge in [-0.3, -0.25) is 0 Å². The van der Waals surface area contributed by atoms with Gasteiger partial charge in [0.15, 0.2) is 0 Å². The Morgan fingerprint density at radius 3 is 2.14 bits per heavy atom. The zero-order valence-electron chi connectivity index (χ0n) is 12.6. The molecule has 0 heterocycles. The van der Waals surface area contributed by atoms with Crippen LogP contribution in [0.25, 0.3) is 0 Å². The van der Waals surface area contributed by atoms with Crippen LogP contribution in [0.1, 0.15) is 38.5 Å². The molecule has 2 N–H and O–H groups in total. The molecular weight excluding hydrogens is 296 g/mol. The van der Waals surface area contributed by atoms with E-state index >= 15 is 0 Å².